The monoisotopic (exact) mass is 363 g/mol. The van der Waals surface area contributed by atoms with E-state index < -0.39 is 0 Å². The van der Waals surface area contributed by atoms with E-state index in [9.17, 15) is 0 Å². The second-order valence-corrected chi connectivity index (χ2v) is 6.37. The maximum Gasteiger partial charge on any atom is 0.142 e. The van der Waals surface area contributed by atoms with Crippen LogP contribution >= 0.6 is 23.2 Å². The fourth-order valence-electron chi connectivity index (χ4n) is 2.69. The summed E-state index contributed by atoms with van der Waals surface area (Å²) in [5.74, 6) is 0.905. The standard InChI is InChI=1S/C18H19Cl2N3O/c1-24-18-5-3-2-4-17(18)22-8-10-23(11-9-22)21-13-14-6-7-15(19)12-16(14)20/h2-7,12-13H,8-11H2,1H3/b21-13-. The van der Waals surface area contributed by atoms with Gasteiger partial charge in [-0.25, -0.2) is 0 Å². The highest BCUT2D eigenvalue weighted by Crippen LogP contribution is 2.28. The fourth-order valence-corrected chi connectivity index (χ4v) is 3.15. The normalized spacial score (nSPS) is 15.1. The molecule has 1 heterocycles. The largest absolute Gasteiger partial charge is 0.495 e. The molecule has 1 aliphatic rings. The lowest BCUT2D eigenvalue weighted by atomic mass is 10.2. The van der Waals surface area contributed by atoms with Crippen molar-refractivity contribution in [2.75, 3.05) is 38.2 Å². The van der Waals surface area contributed by atoms with Crippen LogP contribution in [0.4, 0.5) is 5.69 Å². The maximum absolute atomic E-state index is 6.17. The maximum atomic E-state index is 6.17. The van der Waals surface area contributed by atoms with Crippen molar-refractivity contribution >= 4 is 35.1 Å². The van der Waals surface area contributed by atoms with Crippen molar-refractivity contribution in [3.63, 3.8) is 0 Å². The van der Waals surface area contributed by atoms with Crippen LogP contribution in [0.2, 0.25) is 10.0 Å². The molecule has 3 rings (SSSR count). The Bertz CT molecular complexity index is 728. The van der Waals surface area contributed by atoms with Crippen LogP contribution < -0.4 is 9.64 Å². The van der Waals surface area contributed by atoms with Gasteiger partial charge in [0.15, 0.2) is 0 Å². The Labute approximate surface area is 152 Å². The average Bonchev–Trinajstić information content (AvgIpc) is 2.61. The Hall–Kier alpha value is -1.91. The third-order valence-corrected chi connectivity index (χ3v) is 4.57. The summed E-state index contributed by atoms with van der Waals surface area (Å²) in [5.41, 5.74) is 2.00. The van der Waals surface area contributed by atoms with Gasteiger partial charge < -0.3 is 9.64 Å². The molecule has 0 aromatic heterocycles. The lowest BCUT2D eigenvalue weighted by Crippen LogP contribution is -2.44. The SMILES string of the molecule is COc1ccccc1N1CCN(/N=C\c2ccc(Cl)cc2Cl)CC1. The number of rotatable bonds is 4. The van der Waals surface area contributed by atoms with E-state index >= 15 is 0 Å². The Morgan fingerprint density at radius 2 is 1.79 bits per heavy atom. The Morgan fingerprint density at radius 3 is 2.50 bits per heavy atom. The molecular formula is C18H19Cl2N3O. The van der Waals surface area contributed by atoms with E-state index in [4.69, 9.17) is 27.9 Å². The molecule has 4 nitrogen and oxygen atoms in total. The van der Waals surface area contributed by atoms with Crippen molar-refractivity contribution in [1.82, 2.24) is 5.01 Å². The predicted molar refractivity (Wildman–Crippen MR) is 101 cm³/mol. The number of halogens is 2. The minimum absolute atomic E-state index is 0.610. The van der Waals surface area contributed by atoms with Crippen molar-refractivity contribution in [3.05, 3.63) is 58.1 Å². The molecule has 1 fully saturated rings. The molecule has 0 bridgehead atoms. The van der Waals surface area contributed by atoms with E-state index in [1.807, 2.05) is 30.3 Å². The number of methoxy groups -OCH3 is 1. The van der Waals surface area contributed by atoms with Gasteiger partial charge in [0, 0.05) is 23.7 Å². The van der Waals surface area contributed by atoms with Gasteiger partial charge in [-0.2, -0.15) is 5.10 Å². The van der Waals surface area contributed by atoms with Crippen LogP contribution in [0.5, 0.6) is 5.75 Å². The van der Waals surface area contributed by atoms with Crippen molar-refractivity contribution in [2.45, 2.75) is 0 Å². The molecule has 0 spiro atoms. The first-order valence-corrected chi connectivity index (χ1v) is 8.55. The second-order valence-electron chi connectivity index (χ2n) is 5.52. The fraction of sp³-hybridized carbons (Fsp3) is 0.278. The number of nitrogens with zero attached hydrogens (tertiary/aromatic N) is 3. The summed E-state index contributed by atoms with van der Waals surface area (Å²) in [6, 6.07) is 13.5. The lowest BCUT2D eigenvalue weighted by molar-refractivity contribution is 0.271. The van der Waals surface area contributed by atoms with E-state index in [0.717, 1.165) is 43.2 Å². The third-order valence-electron chi connectivity index (χ3n) is 4.00. The number of hydrogen-bond donors (Lipinski definition) is 0. The van der Waals surface area contributed by atoms with Crippen LogP contribution in [0.25, 0.3) is 0 Å². The molecule has 2 aromatic rings. The molecule has 6 heteroatoms. The van der Waals surface area contributed by atoms with Crippen molar-refractivity contribution in [1.29, 1.82) is 0 Å². The highest BCUT2D eigenvalue weighted by molar-refractivity contribution is 6.36. The number of hydrogen-bond acceptors (Lipinski definition) is 4. The van der Waals surface area contributed by atoms with Crippen LogP contribution in [0, 0.1) is 0 Å². The van der Waals surface area contributed by atoms with Crippen LogP contribution in [-0.4, -0.2) is 44.5 Å². The molecule has 126 valence electrons. The summed E-state index contributed by atoms with van der Waals surface area (Å²) in [7, 11) is 1.70. The van der Waals surface area contributed by atoms with Crippen LogP contribution in [0.3, 0.4) is 0 Å². The summed E-state index contributed by atoms with van der Waals surface area (Å²) in [5, 5.41) is 7.83. The van der Waals surface area contributed by atoms with Gasteiger partial charge in [0.2, 0.25) is 0 Å². The molecule has 0 N–H and O–H groups in total. The number of ether oxygens (including phenoxy) is 1. The quantitative estimate of drug-likeness (QED) is 0.763. The average molecular weight is 364 g/mol. The molecule has 0 atom stereocenters. The molecule has 1 saturated heterocycles. The van der Waals surface area contributed by atoms with E-state index in [2.05, 4.69) is 21.1 Å². The molecular weight excluding hydrogens is 345 g/mol. The van der Waals surface area contributed by atoms with Gasteiger partial charge in [-0.15, -0.1) is 0 Å². The number of piperazine rings is 1. The molecule has 0 radical (unpaired) electrons. The zero-order valence-electron chi connectivity index (χ0n) is 13.5. The van der Waals surface area contributed by atoms with E-state index in [-0.39, 0.29) is 0 Å². The van der Waals surface area contributed by atoms with Crippen molar-refractivity contribution < 1.29 is 4.74 Å². The summed E-state index contributed by atoms with van der Waals surface area (Å²) < 4.78 is 5.44. The highest BCUT2D eigenvalue weighted by atomic mass is 35.5. The van der Waals surface area contributed by atoms with E-state index in [1.54, 1.807) is 19.4 Å². The highest BCUT2D eigenvalue weighted by Gasteiger charge is 2.18. The topological polar surface area (TPSA) is 28.1 Å². The first kappa shape index (κ1) is 16.9. The number of benzene rings is 2. The molecule has 1 aliphatic heterocycles. The minimum Gasteiger partial charge on any atom is -0.495 e. The van der Waals surface area contributed by atoms with Crippen molar-refractivity contribution in [3.8, 4) is 5.75 Å². The molecule has 0 aliphatic carbocycles. The number of hydrazone groups is 1. The first-order chi connectivity index (χ1) is 11.7. The predicted octanol–water partition coefficient (Wildman–Crippen LogP) is 4.16. The van der Waals surface area contributed by atoms with Gasteiger partial charge in [-0.3, -0.25) is 5.01 Å². The smallest absolute Gasteiger partial charge is 0.142 e. The Balaban J connectivity index is 1.62. The second kappa shape index (κ2) is 7.77. The van der Waals surface area contributed by atoms with Gasteiger partial charge >= 0.3 is 0 Å². The first-order valence-electron chi connectivity index (χ1n) is 7.79. The summed E-state index contributed by atoms with van der Waals surface area (Å²) >= 11 is 12.1. The van der Waals surface area contributed by atoms with Crippen LogP contribution in [0.15, 0.2) is 47.6 Å². The van der Waals surface area contributed by atoms with Gasteiger partial charge in [-0.05, 0) is 24.3 Å². The third kappa shape index (κ3) is 3.94. The molecule has 2 aromatic carbocycles. The van der Waals surface area contributed by atoms with Crippen LogP contribution in [0.1, 0.15) is 5.56 Å². The Morgan fingerprint density at radius 1 is 1.04 bits per heavy atom. The van der Waals surface area contributed by atoms with Gasteiger partial charge in [0.25, 0.3) is 0 Å². The molecule has 0 saturated carbocycles. The van der Waals surface area contributed by atoms with Gasteiger partial charge in [-0.1, -0.05) is 41.4 Å². The summed E-state index contributed by atoms with van der Waals surface area (Å²) in [6.45, 7) is 3.48. The molecule has 0 amide bonds. The van der Waals surface area contributed by atoms with E-state index in [1.165, 1.54) is 0 Å². The molecule has 0 unspecified atom stereocenters. The lowest BCUT2D eigenvalue weighted by Gasteiger charge is -2.35. The van der Waals surface area contributed by atoms with Gasteiger partial charge in [0.05, 0.1) is 37.1 Å². The zero-order valence-corrected chi connectivity index (χ0v) is 15.0. The minimum atomic E-state index is 0.610. The number of anilines is 1. The van der Waals surface area contributed by atoms with Gasteiger partial charge in [0.1, 0.15) is 5.75 Å². The summed E-state index contributed by atoms with van der Waals surface area (Å²) in [4.78, 5) is 2.32. The van der Waals surface area contributed by atoms with Crippen molar-refractivity contribution in [2.24, 2.45) is 5.10 Å². The zero-order chi connectivity index (χ0) is 16.9. The summed E-state index contributed by atoms with van der Waals surface area (Å²) in [6.07, 6.45) is 1.79. The number of para-hydroxylation sites is 2. The van der Waals surface area contributed by atoms with Crippen LogP contribution in [-0.2, 0) is 0 Å². The molecule has 24 heavy (non-hydrogen) atoms. The van der Waals surface area contributed by atoms with E-state index in [0.29, 0.717) is 10.0 Å². The Kier molecular flexibility index (Phi) is 5.48.